The number of aromatic nitrogens is 2. The molecule has 1 saturated carbocycles. The van der Waals surface area contributed by atoms with E-state index < -0.39 is 0 Å². The lowest BCUT2D eigenvalue weighted by Crippen LogP contribution is -2.43. The van der Waals surface area contributed by atoms with E-state index in [-0.39, 0.29) is 0 Å². The first-order chi connectivity index (χ1) is 11.3. The summed E-state index contributed by atoms with van der Waals surface area (Å²) in [7, 11) is 0. The Morgan fingerprint density at radius 2 is 1.78 bits per heavy atom. The molecule has 1 aromatic heterocycles. The van der Waals surface area contributed by atoms with Crippen LogP contribution in [-0.4, -0.2) is 41.1 Å². The molecule has 1 aromatic carbocycles. The van der Waals surface area contributed by atoms with E-state index in [9.17, 15) is 5.11 Å². The quantitative estimate of drug-likeness (QED) is 0.915. The zero-order valence-corrected chi connectivity index (χ0v) is 13.4. The summed E-state index contributed by atoms with van der Waals surface area (Å²) in [6.07, 6.45) is 7.01. The van der Waals surface area contributed by atoms with E-state index in [0.29, 0.717) is 11.7 Å². The molecule has 4 rings (SSSR count). The molecule has 2 fully saturated rings. The smallest absolute Gasteiger partial charge is 0.141 e. The average Bonchev–Trinajstić information content (AvgIpc) is 3.25. The van der Waals surface area contributed by atoms with Gasteiger partial charge < -0.3 is 15.3 Å². The topological polar surface area (TPSA) is 53.3 Å². The minimum absolute atomic E-state index is 0.293. The fraction of sp³-hybridized carbons (Fsp3) is 0.500. The van der Waals surface area contributed by atoms with E-state index in [4.69, 9.17) is 0 Å². The van der Waals surface area contributed by atoms with Gasteiger partial charge in [-0.2, -0.15) is 5.10 Å². The molecule has 23 heavy (non-hydrogen) atoms. The Morgan fingerprint density at radius 1 is 1.04 bits per heavy atom. The van der Waals surface area contributed by atoms with E-state index in [1.165, 1.54) is 37.1 Å². The van der Waals surface area contributed by atoms with Crippen molar-refractivity contribution in [3.8, 4) is 11.4 Å². The second-order valence-corrected chi connectivity index (χ2v) is 6.53. The summed E-state index contributed by atoms with van der Waals surface area (Å²) in [5.41, 5.74) is 3.32. The van der Waals surface area contributed by atoms with Crippen molar-refractivity contribution in [2.24, 2.45) is 0 Å². The Bertz CT molecular complexity index is 669. The van der Waals surface area contributed by atoms with Crippen LogP contribution >= 0.6 is 0 Å². The third-order valence-electron chi connectivity index (χ3n) is 5.10. The molecule has 0 bridgehead atoms. The van der Waals surface area contributed by atoms with Gasteiger partial charge in [-0.15, -0.1) is 0 Å². The summed E-state index contributed by atoms with van der Waals surface area (Å²) in [5, 5.41) is 18.3. The Morgan fingerprint density at radius 3 is 2.52 bits per heavy atom. The van der Waals surface area contributed by atoms with Crippen LogP contribution in [0.2, 0.25) is 0 Å². The molecule has 1 saturated heterocycles. The molecule has 2 N–H and O–H groups in total. The summed E-state index contributed by atoms with van der Waals surface area (Å²) in [6, 6.07) is 7.50. The van der Waals surface area contributed by atoms with Gasteiger partial charge in [0.05, 0.1) is 17.6 Å². The third-order valence-corrected chi connectivity index (χ3v) is 5.10. The van der Waals surface area contributed by atoms with Crippen LogP contribution in [0.15, 0.2) is 30.5 Å². The SMILES string of the molecule is Oc1ccccc1-n1ncc(N2CCNCC2)c1C1CCCC1. The maximum atomic E-state index is 10.3. The van der Waals surface area contributed by atoms with E-state index in [1.54, 1.807) is 6.07 Å². The van der Waals surface area contributed by atoms with Gasteiger partial charge >= 0.3 is 0 Å². The number of hydrogen-bond acceptors (Lipinski definition) is 4. The molecular weight excluding hydrogens is 288 g/mol. The number of phenolic OH excluding ortho intramolecular Hbond substituents is 1. The number of hydrogen-bond donors (Lipinski definition) is 2. The fourth-order valence-electron chi connectivity index (χ4n) is 3.92. The van der Waals surface area contributed by atoms with Crippen LogP contribution in [0, 0.1) is 0 Å². The molecule has 1 aliphatic heterocycles. The van der Waals surface area contributed by atoms with Crippen LogP contribution in [0.4, 0.5) is 5.69 Å². The molecule has 2 heterocycles. The predicted octanol–water partition coefficient (Wildman–Crippen LogP) is 2.65. The van der Waals surface area contributed by atoms with E-state index in [2.05, 4.69) is 15.3 Å². The Kier molecular flexibility index (Phi) is 3.95. The lowest BCUT2D eigenvalue weighted by Gasteiger charge is -2.30. The van der Waals surface area contributed by atoms with Gasteiger partial charge in [-0.1, -0.05) is 25.0 Å². The van der Waals surface area contributed by atoms with Crippen LogP contribution in [0.5, 0.6) is 5.75 Å². The monoisotopic (exact) mass is 312 g/mol. The largest absolute Gasteiger partial charge is 0.506 e. The molecule has 2 aromatic rings. The highest BCUT2D eigenvalue weighted by Crippen LogP contribution is 2.41. The minimum atomic E-state index is 0.293. The van der Waals surface area contributed by atoms with Crippen LogP contribution in [-0.2, 0) is 0 Å². The molecule has 0 radical (unpaired) electrons. The number of anilines is 1. The molecule has 0 atom stereocenters. The Hall–Kier alpha value is -2.01. The third kappa shape index (κ3) is 2.70. The van der Waals surface area contributed by atoms with E-state index in [1.807, 2.05) is 29.1 Å². The van der Waals surface area contributed by atoms with Gasteiger partial charge in [0, 0.05) is 32.1 Å². The predicted molar refractivity (Wildman–Crippen MR) is 91.5 cm³/mol. The molecule has 0 amide bonds. The molecular formula is C18H24N4O. The van der Waals surface area contributed by atoms with E-state index in [0.717, 1.165) is 31.9 Å². The van der Waals surface area contributed by atoms with Gasteiger partial charge in [0.1, 0.15) is 11.4 Å². The maximum absolute atomic E-state index is 10.3. The van der Waals surface area contributed by atoms with Crippen molar-refractivity contribution in [1.82, 2.24) is 15.1 Å². The van der Waals surface area contributed by atoms with Gasteiger partial charge in [0.2, 0.25) is 0 Å². The number of aromatic hydroxyl groups is 1. The zero-order chi connectivity index (χ0) is 15.6. The Balaban J connectivity index is 1.79. The molecule has 5 nitrogen and oxygen atoms in total. The van der Waals surface area contributed by atoms with Gasteiger partial charge in [-0.3, -0.25) is 0 Å². The van der Waals surface area contributed by atoms with Crippen LogP contribution in [0.1, 0.15) is 37.3 Å². The minimum Gasteiger partial charge on any atom is -0.506 e. The summed E-state index contributed by atoms with van der Waals surface area (Å²) < 4.78 is 1.97. The number of benzene rings is 1. The summed E-state index contributed by atoms with van der Waals surface area (Å²) in [5.74, 6) is 0.837. The number of nitrogens with one attached hydrogen (secondary N) is 1. The highest BCUT2D eigenvalue weighted by atomic mass is 16.3. The number of phenols is 1. The average molecular weight is 312 g/mol. The number of nitrogens with zero attached hydrogens (tertiary/aromatic N) is 3. The van der Waals surface area contributed by atoms with Gasteiger partial charge in [-0.05, 0) is 25.0 Å². The molecule has 0 unspecified atom stereocenters. The molecule has 122 valence electrons. The molecule has 2 aliphatic rings. The van der Waals surface area contributed by atoms with Crippen molar-refractivity contribution in [3.63, 3.8) is 0 Å². The van der Waals surface area contributed by atoms with E-state index >= 15 is 0 Å². The van der Waals surface area contributed by atoms with Gasteiger partial charge in [0.25, 0.3) is 0 Å². The molecule has 5 heteroatoms. The standard InChI is InChI=1S/C18H24N4O/c23-17-8-4-3-7-15(17)22-18(14-5-1-2-6-14)16(13-20-22)21-11-9-19-10-12-21/h3-4,7-8,13-14,19,23H,1-2,5-6,9-12H2. The lowest BCUT2D eigenvalue weighted by molar-refractivity contribution is 0.468. The van der Waals surface area contributed by atoms with Gasteiger partial charge in [-0.25, -0.2) is 4.68 Å². The second kappa shape index (κ2) is 6.24. The van der Waals surface area contributed by atoms with Crippen LogP contribution in [0.3, 0.4) is 0 Å². The number of piperazine rings is 1. The van der Waals surface area contributed by atoms with Gasteiger partial charge in [0.15, 0.2) is 0 Å². The first kappa shape index (κ1) is 14.6. The number of rotatable bonds is 3. The maximum Gasteiger partial charge on any atom is 0.141 e. The van der Waals surface area contributed by atoms with Crippen LogP contribution < -0.4 is 10.2 Å². The first-order valence-electron chi connectivity index (χ1n) is 8.66. The van der Waals surface area contributed by atoms with Crippen LogP contribution in [0.25, 0.3) is 5.69 Å². The van der Waals surface area contributed by atoms with Crippen molar-refractivity contribution in [3.05, 3.63) is 36.2 Å². The second-order valence-electron chi connectivity index (χ2n) is 6.53. The lowest BCUT2D eigenvalue weighted by atomic mass is 10.0. The van der Waals surface area contributed by atoms with Crippen molar-refractivity contribution < 1.29 is 5.11 Å². The van der Waals surface area contributed by atoms with Crippen molar-refractivity contribution >= 4 is 5.69 Å². The molecule has 0 spiro atoms. The fourth-order valence-corrected chi connectivity index (χ4v) is 3.92. The first-order valence-corrected chi connectivity index (χ1v) is 8.66. The summed E-state index contributed by atoms with van der Waals surface area (Å²) in [4.78, 5) is 2.44. The molecule has 1 aliphatic carbocycles. The highest BCUT2D eigenvalue weighted by molar-refractivity contribution is 5.57. The Labute approximate surface area is 136 Å². The van der Waals surface area contributed by atoms with Crippen molar-refractivity contribution in [2.45, 2.75) is 31.6 Å². The normalized spacial score (nSPS) is 19.4. The zero-order valence-electron chi connectivity index (χ0n) is 13.4. The summed E-state index contributed by atoms with van der Waals surface area (Å²) >= 11 is 0. The summed E-state index contributed by atoms with van der Waals surface area (Å²) in [6.45, 7) is 4.08. The highest BCUT2D eigenvalue weighted by Gasteiger charge is 2.28. The van der Waals surface area contributed by atoms with Crippen molar-refractivity contribution in [2.75, 3.05) is 31.1 Å². The number of para-hydroxylation sites is 2. The van der Waals surface area contributed by atoms with Crippen molar-refractivity contribution in [1.29, 1.82) is 0 Å².